The highest BCUT2D eigenvalue weighted by Gasteiger charge is 2.46. The molecule has 0 radical (unpaired) electrons. The van der Waals surface area contributed by atoms with E-state index in [9.17, 15) is 14.7 Å². The van der Waals surface area contributed by atoms with Crippen LogP contribution in [0.1, 0.15) is 64.7 Å². The van der Waals surface area contributed by atoms with Gasteiger partial charge < -0.3 is 10.4 Å². The van der Waals surface area contributed by atoms with Crippen LogP contribution >= 0.6 is 0 Å². The van der Waals surface area contributed by atoms with Crippen molar-refractivity contribution in [2.24, 2.45) is 10.8 Å². The number of aliphatic carboxylic acids is 1. The van der Waals surface area contributed by atoms with Crippen molar-refractivity contribution in [3.63, 3.8) is 0 Å². The van der Waals surface area contributed by atoms with Crippen LogP contribution in [0.15, 0.2) is 0 Å². The Balaban J connectivity index is 1.83. The van der Waals surface area contributed by atoms with Gasteiger partial charge in [0, 0.05) is 13.0 Å². The fourth-order valence-electron chi connectivity index (χ4n) is 3.51. The first-order valence-electron chi connectivity index (χ1n) is 7.52. The first-order valence-corrected chi connectivity index (χ1v) is 7.52. The van der Waals surface area contributed by atoms with Gasteiger partial charge in [-0.25, -0.2) is 0 Å². The van der Waals surface area contributed by atoms with E-state index in [1.807, 2.05) is 0 Å². The second kappa shape index (κ2) is 5.51. The van der Waals surface area contributed by atoms with Crippen LogP contribution in [0, 0.1) is 10.8 Å². The molecule has 2 N–H and O–H groups in total. The third kappa shape index (κ3) is 2.93. The molecule has 0 aromatic heterocycles. The van der Waals surface area contributed by atoms with E-state index in [1.54, 1.807) is 0 Å². The normalized spacial score (nSPS) is 23.6. The van der Waals surface area contributed by atoms with Gasteiger partial charge in [-0.1, -0.05) is 26.2 Å². The third-order valence-electron chi connectivity index (χ3n) is 5.34. The highest BCUT2D eigenvalue weighted by atomic mass is 16.4. The fraction of sp³-hybridized carbons (Fsp3) is 0.867. The van der Waals surface area contributed by atoms with Gasteiger partial charge in [0.25, 0.3) is 0 Å². The van der Waals surface area contributed by atoms with Gasteiger partial charge in [0.2, 0.25) is 5.91 Å². The molecule has 108 valence electrons. The number of carboxylic acid groups (broad SMARTS) is 1. The number of carbonyl (C=O) groups is 2. The molecule has 2 saturated carbocycles. The average Bonchev–Trinajstić information content (AvgIpc) is 2.80. The van der Waals surface area contributed by atoms with Crippen LogP contribution < -0.4 is 5.32 Å². The molecule has 2 aliphatic carbocycles. The first kappa shape index (κ1) is 14.4. The van der Waals surface area contributed by atoms with E-state index in [0.717, 1.165) is 19.4 Å². The van der Waals surface area contributed by atoms with Gasteiger partial charge in [-0.2, -0.15) is 0 Å². The summed E-state index contributed by atoms with van der Waals surface area (Å²) in [7, 11) is 0. The summed E-state index contributed by atoms with van der Waals surface area (Å²) in [5, 5.41) is 12.2. The van der Waals surface area contributed by atoms with E-state index in [0.29, 0.717) is 12.8 Å². The second-order valence-electron chi connectivity index (χ2n) is 6.45. The molecule has 2 rings (SSSR count). The number of amides is 1. The van der Waals surface area contributed by atoms with Crippen molar-refractivity contribution in [2.75, 3.05) is 6.54 Å². The molecule has 4 nitrogen and oxygen atoms in total. The van der Waals surface area contributed by atoms with Crippen LogP contribution in [0.4, 0.5) is 0 Å². The van der Waals surface area contributed by atoms with Gasteiger partial charge in [-0.3, -0.25) is 9.59 Å². The molecular weight excluding hydrogens is 242 g/mol. The molecule has 2 aliphatic rings. The highest BCUT2D eigenvalue weighted by molar-refractivity contribution is 5.85. The number of carbonyl (C=O) groups excluding carboxylic acids is 1. The Morgan fingerprint density at radius 3 is 2.16 bits per heavy atom. The molecule has 0 aromatic carbocycles. The predicted octanol–water partition coefficient (Wildman–Crippen LogP) is 2.72. The SMILES string of the molecule is CCC1(CNC(=O)CC2(C(=O)O)CCC2)CCCC1. The molecule has 2 fully saturated rings. The van der Waals surface area contributed by atoms with Gasteiger partial charge in [0.15, 0.2) is 0 Å². The van der Waals surface area contributed by atoms with E-state index in [4.69, 9.17) is 0 Å². The maximum absolute atomic E-state index is 12.0. The van der Waals surface area contributed by atoms with E-state index < -0.39 is 11.4 Å². The minimum Gasteiger partial charge on any atom is -0.481 e. The molecule has 0 bridgehead atoms. The lowest BCUT2D eigenvalue weighted by Gasteiger charge is -2.37. The third-order valence-corrected chi connectivity index (χ3v) is 5.34. The van der Waals surface area contributed by atoms with Crippen molar-refractivity contribution in [2.45, 2.75) is 64.7 Å². The summed E-state index contributed by atoms with van der Waals surface area (Å²) in [5.41, 5.74) is -0.495. The topological polar surface area (TPSA) is 66.4 Å². The number of carboxylic acids is 1. The molecule has 0 heterocycles. The zero-order valence-corrected chi connectivity index (χ0v) is 11.8. The van der Waals surface area contributed by atoms with Crippen LogP contribution in [0.25, 0.3) is 0 Å². The number of hydrogen-bond donors (Lipinski definition) is 2. The Kier molecular flexibility index (Phi) is 4.16. The number of rotatable bonds is 6. The molecule has 0 atom stereocenters. The molecule has 0 spiro atoms. The standard InChI is InChI=1S/C15H25NO3/c1-2-14(6-3-4-7-14)11-16-12(17)10-15(13(18)19)8-5-9-15/h2-11H2,1H3,(H,16,17)(H,18,19). The van der Waals surface area contributed by atoms with Crippen molar-refractivity contribution in [1.29, 1.82) is 0 Å². The van der Waals surface area contributed by atoms with Gasteiger partial charge in [0.1, 0.15) is 0 Å². The van der Waals surface area contributed by atoms with Gasteiger partial charge >= 0.3 is 5.97 Å². The van der Waals surface area contributed by atoms with Crippen molar-refractivity contribution in [1.82, 2.24) is 5.32 Å². The van der Waals surface area contributed by atoms with Crippen molar-refractivity contribution in [3.05, 3.63) is 0 Å². The van der Waals surface area contributed by atoms with E-state index in [-0.39, 0.29) is 17.7 Å². The maximum atomic E-state index is 12.0. The summed E-state index contributed by atoms with van der Waals surface area (Å²) in [6, 6.07) is 0. The minimum absolute atomic E-state index is 0.0816. The van der Waals surface area contributed by atoms with Gasteiger partial charge in [-0.05, 0) is 37.5 Å². The van der Waals surface area contributed by atoms with Crippen LogP contribution in [0.3, 0.4) is 0 Å². The Bertz CT molecular complexity index is 354. The lowest BCUT2D eigenvalue weighted by molar-refractivity contribution is -0.157. The molecule has 0 saturated heterocycles. The lowest BCUT2D eigenvalue weighted by Crippen LogP contribution is -2.44. The minimum atomic E-state index is -0.806. The second-order valence-corrected chi connectivity index (χ2v) is 6.45. The van der Waals surface area contributed by atoms with Gasteiger partial charge in [0.05, 0.1) is 5.41 Å². The van der Waals surface area contributed by atoms with Crippen molar-refractivity contribution >= 4 is 11.9 Å². The lowest BCUT2D eigenvalue weighted by atomic mass is 9.66. The number of hydrogen-bond acceptors (Lipinski definition) is 2. The van der Waals surface area contributed by atoms with Crippen molar-refractivity contribution < 1.29 is 14.7 Å². The van der Waals surface area contributed by atoms with Crippen LogP contribution in [-0.2, 0) is 9.59 Å². The molecule has 1 amide bonds. The molecule has 4 heteroatoms. The molecule has 0 unspecified atom stereocenters. The zero-order chi connectivity index (χ0) is 13.9. The smallest absolute Gasteiger partial charge is 0.310 e. The van der Waals surface area contributed by atoms with E-state index in [2.05, 4.69) is 12.2 Å². The Hall–Kier alpha value is -1.06. The monoisotopic (exact) mass is 267 g/mol. The first-order chi connectivity index (χ1) is 9.02. The summed E-state index contributed by atoms with van der Waals surface area (Å²) in [6.45, 7) is 2.90. The average molecular weight is 267 g/mol. The number of nitrogens with one attached hydrogen (secondary N) is 1. The molecular formula is C15H25NO3. The van der Waals surface area contributed by atoms with Crippen LogP contribution in [-0.4, -0.2) is 23.5 Å². The Labute approximate surface area is 115 Å². The zero-order valence-electron chi connectivity index (χ0n) is 11.8. The summed E-state index contributed by atoms with van der Waals surface area (Å²) in [5.74, 6) is -0.887. The summed E-state index contributed by atoms with van der Waals surface area (Å²) in [4.78, 5) is 23.2. The highest BCUT2D eigenvalue weighted by Crippen LogP contribution is 2.44. The summed E-state index contributed by atoms with van der Waals surface area (Å²) < 4.78 is 0. The van der Waals surface area contributed by atoms with Crippen molar-refractivity contribution in [3.8, 4) is 0 Å². The largest absolute Gasteiger partial charge is 0.481 e. The molecule has 0 aromatic rings. The van der Waals surface area contributed by atoms with E-state index >= 15 is 0 Å². The van der Waals surface area contributed by atoms with Crippen LogP contribution in [0.2, 0.25) is 0 Å². The Morgan fingerprint density at radius 1 is 1.11 bits per heavy atom. The molecule has 19 heavy (non-hydrogen) atoms. The Morgan fingerprint density at radius 2 is 1.74 bits per heavy atom. The van der Waals surface area contributed by atoms with Crippen LogP contribution in [0.5, 0.6) is 0 Å². The van der Waals surface area contributed by atoms with E-state index in [1.165, 1.54) is 25.7 Å². The quantitative estimate of drug-likeness (QED) is 0.777. The summed E-state index contributed by atoms with van der Waals surface area (Å²) in [6.07, 6.45) is 8.36. The predicted molar refractivity (Wildman–Crippen MR) is 72.7 cm³/mol. The summed E-state index contributed by atoms with van der Waals surface area (Å²) >= 11 is 0. The maximum Gasteiger partial charge on any atom is 0.310 e. The van der Waals surface area contributed by atoms with Gasteiger partial charge in [-0.15, -0.1) is 0 Å². The molecule has 0 aliphatic heterocycles. The fourth-order valence-corrected chi connectivity index (χ4v) is 3.51.